The minimum Gasteiger partial charge on any atom is -0.392 e. The number of rotatable bonds is 4. The minimum atomic E-state index is -0.561. The predicted octanol–water partition coefficient (Wildman–Crippen LogP) is 0.319. The van der Waals surface area contributed by atoms with Crippen molar-refractivity contribution in [2.75, 3.05) is 13.6 Å². The van der Waals surface area contributed by atoms with E-state index >= 15 is 0 Å². The molecule has 7 nitrogen and oxygen atoms in total. The molecule has 0 aliphatic carbocycles. The Kier molecular flexibility index (Phi) is 3.86. The molecule has 19 heavy (non-hydrogen) atoms. The highest BCUT2D eigenvalue weighted by Crippen LogP contribution is 2.16. The first-order valence-corrected chi connectivity index (χ1v) is 5.85. The molecule has 7 heteroatoms. The van der Waals surface area contributed by atoms with Crippen LogP contribution in [0.4, 0.5) is 0 Å². The standard InChI is InChI=1S/C12H15N5O2/c1-8(18)7-17(2)12(19)10-5-3-4-9(6-10)11-13-15-16-14-11/h3-6,8,18H,7H2,1-2H3,(H,13,14,15,16). The second kappa shape index (κ2) is 5.57. The zero-order valence-electron chi connectivity index (χ0n) is 10.7. The summed E-state index contributed by atoms with van der Waals surface area (Å²) in [6.45, 7) is 1.92. The van der Waals surface area contributed by atoms with Gasteiger partial charge in [0, 0.05) is 24.7 Å². The molecule has 0 radical (unpaired) electrons. The van der Waals surface area contributed by atoms with E-state index in [-0.39, 0.29) is 12.5 Å². The largest absolute Gasteiger partial charge is 0.392 e. The molecule has 1 amide bonds. The van der Waals surface area contributed by atoms with Crippen molar-refractivity contribution in [3.63, 3.8) is 0 Å². The van der Waals surface area contributed by atoms with Crippen molar-refractivity contribution < 1.29 is 9.90 Å². The number of tetrazole rings is 1. The summed E-state index contributed by atoms with van der Waals surface area (Å²) in [5.41, 5.74) is 1.23. The Hall–Kier alpha value is -2.28. The molecule has 0 bridgehead atoms. The molecular weight excluding hydrogens is 246 g/mol. The van der Waals surface area contributed by atoms with Crippen LogP contribution in [0.2, 0.25) is 0 Å². The number of H-pyrrole nitrogens is 1. The highest BCUT2D eigenvalue weighted by molar-refractivity contribution is 5.95. The van der Waals surface area contributed by atoms with Crippen LogP contribution in [-0.4, -0.2) is 56.2 Å². The molecule has 0 spiro atoms. The first kappa shape index (κ1) is 13.2. The number of hydrogen-bond acceptors (Lipinski definition) is 5. The molecule has 0 aliphatic heterocycles. The summed E-state index contributed by atoms with van der Waals surface area (Å²) in [7, 11) is 1.65. The molecule has 1 heterocycles. The van der Waals surface area contributed by atoms with E-state index in [0.29, 0.717) is 17.0 Å². The van der Waals surface area contributed by atoms with E-state index in [1.54, 1.807) is 38.2 Å². The normalized spacial score (nSPS) is 12.2. The Balaban J connectivity index is 2.21. The van der Waals surface area contributed by atoms with Crippen LogP contribution in [0.3, 0.4) is 0 Å². The summed E-state index contributed by atoms with van der Waals surface area (Å²) in [5.74, 6) is 0.277. The summed E-state index contributed by atoms with van der Waals surface area (Å²) in [4.78, 5) is 13.6. The van der Waals surface area contributed by atoms with Gasteiger partial charge in [0.25, 0.3) is 5.91 Å². The molecule has 1 aromatic carbocycles. The molecule has 0 fully saturated rings. The molecular formula is C12H15N5O2. The molecule has 1 aromatic heterocycles. The van der Waals surface area contributed by atoms with Crippen molar-refractivity contribution in [2.24, 2.45) is 0 Å². The number of aliphatic hydroxyl groups excluding tert-OH is 1. The Morgan fingerprint density at radius 3 is 2.95 bits per heavy atom. The summed E-state index contributed by atoms with van der Waals surface area (Å²) in [6.07, 6.45) is -0.561. The quantitative estimate of drug-likeness (QED) is 0.826. The second-order valence-corrected chi connectivity index (χ2v) is 4.35. The second-order valence-electron chi connectivity index (χ2n) is 4.35. The number of amides is 1. The van der Waals surface area contributed by atoms with Crippen LogP contribution in [0.1, 0.15) is 17.3 Å². The number of likely N-dealkylation sites (N-methyl/N-ethyl adjacent to an activating group) is 1. The van der Waals surface area contributed by atoms with E-state index in [1.807, 2.05) is 0 Å². The van der Waals surface area contributed by atoms with Gasteiger partial charge in [-0.05, 0) is 24.3 Å². The molecule has 100 valence electrons. The lowest BCUT2D eigenvalue weighted by molar-refractivity contribution is 0.0704. The van der Waals surface area contributed by atoms with Crippen molar-refractivity contribution in [1.82, 2.24) is 25.5 Å². The van der Waals surface area contributed by atoms with Crippen molar-refractivity contribution in [3.05, 3.63) is 29.8 Å². The van der Waals surface area contributed by atoms with Gasteiger partial charge in [0.05, 0.1) is 6.10 Å². The lowest BCUT2D eigenvalue weighted by Gasteiger charge is -2.18. The van der Waals surface area contributed by atoms with E-state index in [2.05, 4.69) is 20.6 Å². The number of carbonyl (C=O) groups excluding carboxylic acids is 1. The van der Waals surface area contributed by atoms with Gasteiger partial charge in [-0.2, -0.15) is 5.21 Å². The highest BCUT2D eigenvalue weighted by Gasteiger charge is 2.14. The first-order valence-electron chi connectivity index (χ1n) is 5.85. The van der Waals surface area contributed by atoms with Crippen molar-refractivity contribution in [3.8, 4) is 11.4 Å². The predicted molar refractivity (Wildman–Crippen MR) is 68.3 cm³/mol. The maximum Gasteiger partial charge on any atom is 0.253 e. The molecule has 1 atom stereocenters. The van der Waals surface area contributed by atoms with Crippen molar-refractivity contribution in [2.45, 2.75) is 13.0 Å². The summed E-state index contributed by atoms with van der Waals surface area (Å²) < 4.78 is 0. The SMILES string of the molecule is CC(O)CN(C)C(=O)c1cccc(-c2nn[nH]n2)c1. The Labute approximate surface area is 110 Å². The highest BCUT2D eigenvalue weighted by atomic mass is 16.3. The van der Waals surface area contributed by atoms with Gasteiger partial charge in [-0.1, -0.05) is 12.1 Å². The third-order valence-electron chi connectivity index (χ3n) is 2.60. The molecule has 0 saturated carbocycles. The van der Waals surface area contributed by atoms with Gasteiger partial charge in [0.2, 0.25) is 5.82 Å². The maximum absolute atomic E-state index is 12.2. The summed E-state index contributed by atoms with van der Waals surface area (Å²) in [6, 6.07) is 6.97. The third kappa shape index (κ3) is 3.14. The molecule has 1 unspecified atom stereocenters. The van der Waals surface area contributed by atoms with E-state index in [9.17, 15) is 9.90 Å². The average Bonchev–Trinajstić information content (AvgIpc) is 2.91. The number of nitrogens with zero attached hydrogens (tertiary/aromatic N) is 4. The monoisotopic (exact) mass is 261 g/mol. The number of aliphatic hydroxyl groups is 1. The van der Waals surface area contributed by atoms with Crippen LogP contribution in [0.25, 0.3) is 11.4 Å². The number of benzene rings is 1. The molecule has 2 N–H and O–H groups in total. The van der Waals surface area contributed by atoms with Crippen molar-refractivity contribution >= 4 is 5.91 Å². The van der Waals surface area contributed by atoms with Gasteiger partial charge in [-0.25, -0.2) is 0 Å². The van der Waals surface area contributed by atoms with Gasteiger partial charge in [0.15, 0.2) is 0 Å². The molecule has 0 aliphatic rings. The summed E-state index contributed by atoms with van der Waals surface area (Å²) in [5, 5.41) is 22.9. The van der Waals surface area contributed by atoms with Crippen LogP contribution in [0, 0.1) is 0 Å². The van der Waals surface area contributed by atoms with Crippen molar-refractivity contribution in [1.29, 1.82) is 0 Å². The first-order chi connectivity index (χ1) is 9.08. The lowest BCUT2D eigenvalue weighted by atomic mass is 10.1. The van der Waals surface area contributed by atoms with Crippen LogP contribution in [0.15, 0.2) is 24.3 Å². The van der Waals surface area contributed by atoms with Crippen LogP contribution >= 0.6 is 0 Å². The fourth-order valence-electron chi connectivity index (χ4n) is 1.78. The van der Waals surface area contributed by atoms with Crippen LogP contribution in [-0.2, 0) is 0 Å². The molecule has 2 aromatic rings. The van der Waals surface area contributed by atoms with Gasteiger partial charge >= 0.3 is 0 Å². The Bertz CT molecular complexity index is 553. The number of carbonyl (C=O) groups is 1. The number of aromatic nitrogens is 4. The van der Waals surface area contributed by atoms with E-state index < -0.39 is 6.10 Å². The van der Waals surface area contributed by atoms with Crippen LogP contribution in [0.5, 0.6) is 0 Å². The number of nitrogens with one attached hydrogen (secondary N) is 1. The molecule has 2 rings (SSSR count). The van der Waals surface area contributed by atoms with Gasteiger partial charge in [-0.3, -0.25) is 4.79 Å². The average molecular weight is 261 g/mol. The number of hydrogen-bond donors (Lipinski definition) is 2. The fourth-order valence-corrected chi connectivity index (χ4v) is 1.78. The molecule has 0 saturated heterocycles. The zero-order valence-corrected chi connectivity index (χ0v) is 10.7. The topological polar surface area (TPSA) is 95.0 Å². The maximum atomic E-state index is 12.2. The Morgan fingerprint density at radius 2 is 2.32 bits per heavy atom. The summed E-state index contributed by atoms with van der Waals surface area (Å²) >= 11 is 0. The fraction of sp³-hybridized carbons (Fsp3) is 0.333. The van der Waals surface area contributed by atoms with Crippen LogP contribution < -0.4 is 0 Å². The van der Waals surface area contributed by atoms with Gasteiger partial charge in [0.1, 0.15) is 0 Å². The number of aromatic amines is 1. The lowest BCUT2D eigenvalue weighted by Crippen LogP contribution is -2.33. The van der Waals surface area contributed by atoms with Gasteiger partial charge < -0.3 is 10.0 Å². The van der Waals surface area contributed by atoms with E-state index in [4.69, 9.17) is 0 Å². The van der Waals surface area contributed by atoms with Gasteiger partial charge in [-0.15, -0.1) is 10.2 Å². The van der Waals surface area contributed by atoms with E-state index in [1.165, 1.54) is 4.90 Å². The minimum absolute atomic E-state index is 0.161. The Morgan fingerprint density at radius 1 is 1.53 bits per heavy atom. The smallest absolute Gasteiger partial charge is 0.253 e. The third-order valence-corrected chi connectivity index (χ3v) is 2.60. The zero-order chi connectivity index (χ0) is 13.8. The van der Waals surface area contributed by atoms with E-state index in [0.717, 1.165) is 0 Å².